The third-order valence-corrected chi connectivity index (χ3v) is 5.14. The predicted octanol–water partition coefficient (Wildman–Crippen LogP) is 2.90. The van der Waals surface area contributed by atoms with Crippen LogP contribution in [0.4, 0.5) is 13.2 Å². The number of hydrogen-bond donors (Lipinski definition) is 1. The van der Waals surface area contributed by atoms with Crippen molar-refractivity contribution < 1.29 is 27.8 Å². The van der Waals surface area contributed by atoms with E-state index in [1.165, 1.54) is 0 Å². The molecule has 0 aliphatic carbocycles. The van der Waals surface area contributed by atoms with Gasteiger partial charge in [0, 0.05) is 37.1 Å². The highest BCUT2D eigenvalue weighted by molar-refractivity contribution is 5.85. The summed E-state index contributed by atoms with van der Waals surface area (Å²) in [4.78, 5) is 17.6. The second-order valence-corrected chi connectivity index (χ2v) is 6.99. The zero-order valence-corrected chi connectivity index (χ0v) is 15.6. The Morgan fingerprint density at radius 1 is 1.21 bits per heavy atom. The number of methoxy groups -OCH3 is 1. The van der Waals surface area contributed by atoms with Gasteiger partial charge < -0.3 is 19.3 Å². The largest absolute Gasteiger partial charge is 0.497 e. The maximum atomic E-state index is 12.9. The van der Waals surface area contributed by atoms with Crippen LogP contribution in [0.1, 0.15) is 31.5 Å². The first kappa shape index (κ1) is 20.2. The molecule has 0 bridgehead atoms. The lowest BCUT2D eigenvalue weighted by atomic mass is 9.94. The second-order valence-electron chi connectivity index (χ2n) is 6.99. The lowest BCUT2D eigenvalue weighted by molar-refractivity contribution is -0.250. The van der Waals surface area contributed by atoms with Crippen LogP contribution in [0.5, 0.6) is 5.75 Å². The second kappa shape index (κ2) is 7.46. The van der Waals surface area contributed by atoms with E-state index < -0.39 is 17.7 Å². The van der Waals surface area contributed by atoms with Gasteiger partial charge in [0.25, 0.3) is 5.91 Å². The molecular formula is C19H22F3N3O3. The fourth-order valence-corrected chi connectivity index (χ4v) is 3.35. The highest BCUT2D eigenvalue weighted by atomic mass is 19.4. The third kappa shape index (κ3) is 3.71. The number of alkyl halides is 3. The first-order chi connectivity index (χ1) is 13.1. The summed E-state index contributed by atoms with van der Waals surface area (Å²) in [7, 11) is 1.59. The minimum absolute atomic E-state index is 0.00279. The van der Waals surface area contributed by atoms with Crippen LogP contribution in [0.3, 0.4) is 0 Å². The summed E-state index contributed by atoms with van der Waals surface area (Å²) < 4.78 is 45.8. The first-order valence-corrected chi connectivity index (χ1v) is 8.91. The molecule has 1 aromatic heterocycles. The number of carbonyl (C=O) groups is 1. The van der Waals surface area contributed by atoms with Gasteiger partial charge in [0.1, 0.15) is 11.6 Å². The summed E-state index contributed by atoms with van der Waals surface area (Å²) >= 11 is 0. The summed E-state index contributed by atoms with van der Waals surface area (Å²) in [5, 5.41) is 9.61. The molecule has 1 fully saturated rings. The molecule has 6 nitrogen and oxygen atoms in total. The quantitative estimate of drug-likeness (QED) is 0.862. The topological polar surface area (TPSA) is 67.6 Å². The van der Waals surface area contributed by atoms with Gasteiger partial charge in [0.05, 0.1) is 7.11 Å². The van der Waals surface area contributed by atoms with Gasteiger partial charge in [0.2, 0.25) is 5.60 Å². The van der Waals surface area contributed by atoms with Crippen LogP contribution in [0.15, 0.2) is 36.7 Å². The number of likely N-dealkylation sites (tertiary alicyclic amines) is 1. The number of imidazole rings is 1. The van der Waals surface area contributed by atoms with Crippen LogP contribution in [-0.4, -0.2) is 57.4 Å². The van der Waals surface area contributed by atoms with Crippen molar-refractivity contribution in [2.24, 2.45) is 0 Å². The average Bonchev–Trinajstić information content (AvgIpc) is 3.16. The molecule has 28 heavy (non-hydrogen) atoms. The molecule has 9 heteroatoms. The number of amides is 1. The highest BCUT2D eigenvalue weighted by Gasteiger charge is 2.57. The number of rotatable bonds is 4. The van der Waals surface area contributed by atoms with Crippen LogP contribution in [0.2, 0.25) is 0 Å². The van der Waals surface area contributed by atoms with Crippen LogP contribution >= 0.6 is 0 Å². The van der Waals surface area contributed by atoms with Crippen molar-refractivity contribution in [2.45, 2.75) is 37.5 Å². The fourth-order valence-electron chi connectivity index (χ4n) is 3.35. The van der Waals surface area contributed by atoms with Crippen LogP contribution in [0, 0.1) is 0 Å². The normalized spacial score (nSPS) is 18.0. The molecule has 1 unspecified atom stereocenters. The Balaban J connectivity index is 1.71. The minimum atomic E-state index is -5.01. The summed E-state index contributed by atoms with van der Waals surface area (Å²) in [5.74, 6) is 0.211. The Morgan fingerprint density at radius 3 is 2.36 bits per heavy atom. The van der Waals surface area contributed by atoms with Crippen LogP contribution in [-0.2, 0) is 4.79 Å². The number of aliphatic hydroxyl groups is 1. The number of piperidine rings is 1. The molecule has 152 valence electrons. The van der Waals surface area contributed by atoms with E-state index in [-0.39, 0.29) is 19.0 Å². The van der Waals surface area contributed by atoms with Crippen molar-refractivity contribution in [3.8, 4) is 11.4 Å². The lowest BCUT2D eigenvalue weighted by Gasteiger charge is -2.36. The van der Waals surface area contributed by atoms with Crippen LogP contribution < -0.4 is 4.74 Å². The monoisotopic (exact) mass is 397 g/mol. The summed E-state index contributed by atoms with van der Waals surface area (Å²) in [6, 6.07) is 7.45. The van der Waals surface area contributed by atoms with Gasteiger partial charge >= 0.3 is 6.18 Å². The molecule has 2 aromatic rings. The number of hydrogen-bond acceptors (Lipinski definition) is 4. The molecule has 1 amide bonds. The number of aromatic nitrogens is 2. The molecule has 0 saturated carbocycles. The number of halogens is 3. The van der Waals surface area contributed by atoms with E-state index in [1.54, 1.807) is 13.3 Å². The molecule has 1 aliphatic heterocycles. The lowest BCUT2D eigenvalue weighted by Crippen LogP contribution is -2.57. The summed E-state index contributed by atoms with van der Waals surface area (Å²) in [5.41, 5.74) is -2.48. The van der Waals surface area contributed by atoms with E-state index in [4.69, 9.17) is 4.74 Å². The standard InChI is InChI=1S/C19H22F3N3O3/c1-18(27,19(20,21)22)17(26)24-10-7-13(8-11-24)16-23-9-12-25(16)14-3-5-15(28-2)6-4-14/h3-6,9,12-13,27H,7-8,10-11H2,1-2H3. The average molecular weight is 397 g/mol. The van der Waals surface area contributed by atoms with E-state index in [2.05, 4.69) is 4.98 Å². The zero-order chi connectivity index (χ0) is 20.5. The Morgan fingerprint density at radius 2 is 1.82 bits per heavy atom. The first-order valence-electron chi connectivity index (χ1n) is 8.91. The molecule has 3 rings (SSSR count). The smallest absolute Gasteiger partial charge is 0.426 e. The molecule has 1 N–H and O–H groups in total. The van der Waals surface area contributed by atoms with E-state index in [0.29, 0.717) is 19.8 Å². The number of nitrogens with zero attached hydrogens (tertiary/aromatic N) is 3. The number of carbonyl (C=O) groups excluding carboxylic acids is 1. The molecule has 1 aromatic carbocycles. The van der Waals surface area contributed by atoms with Crippen molar-refractivity contribution in [2.75, 3.05) is 20.2 Å². The highest BCUT2D eigenvalue weighted by Crippen LogP contribution is 2.34. The SMILES string of the molecule is COc1ccc(-n2ccnc2C2CCN(C(=O)C(C)(O)C(F)(F)F)CC2)cc1. The number of benzene rings is 1. The Hall–Kier alpha value is -2.55. The minimum Gasteiger partial charge on any atom is -0.497 e. The predicted molar refractivity (Wildman–Crippen MR) is 95.3 cm³/mol. The molecule has 1 aliphatic rings. The van der Waals surface area contributed by atoms with Crippen molar-refractivity contribution in [1.29, 1.82) is 0 Å². The molecule has 0 spiro atoms. The van der Waals surface area contributed by atoms with Crippen molar-refractivity contribution >= 4 is 5.91 Å². The molecular weight excluding hydrogens is 375 g/mol. The van der Waals surface area contributed by atoms with Crippen molar-refractivity contribution in [1.82, 2.24) is 14.5 Å². The van der Waals surface area contributed by atoms with Gasteiger partial charge in [-0.15, -0.1) is 0 Å². The fraction of sp³-hybridized carbons (Fsp3) is 0.474. The van der Waals surface area contributed by atoms with Gasteiger partial charge in [0.15, 0.2) is 0 Å². The van der Waals surface area contributed by atoms with Crippen LogP contribution in [0.25, 0.3) is 5.69 Å². The van der Waals surface area contributed by atoms with E-state index in [1.807, 2.05) is 35.0 Å². The number of ether oxygens (including phenoxy) is 1. The van der Waals surface area contributed by atoms with Gasteiger partial charge in [-0.25, -0.2) is 4.98 Å². The molecule has 0 radical (unpaired) electrons. The summed E-state index contributed by atoms with van der Waals surface area (Å²) in [6.07, 6.45) is -0.583. The molecule has 1 atom stereocenters. The van der Waals surface area contributed by atoms with Gasteiger partial charge in [-0.05, 0) is 44.0 Å². The Bertz CT molecular complexity index is 823. The zero-order valence-electron chi connectivity index (χ0n) is 15.6. The van der Waals surface area contributed by atoms with Gasteiger partial charge in [-0.1, -0.05) is 0 Å². The summed E-state index contributed by atoms with van der Waals surface area (Å²) in [6.45, 7) is 0.758. The van der Waals surface area contributed by atoms with Gasteiger partial charge in [-0.2, -0.15) is 13.2 Å². The van der Waals surface area contributed by atoms with Gasteiger partial charge in [-0.3, -0.25) is 4.79 Å². The molecule has 1 saturated heterocycles. The molecule has 2 heterocycles. The third-order valence-electron chi connectivity index (χ3n) is 5.14. The maximum Gasteiger partial charge on any atom is 0.426 e. The van der Waals surface area contributed by atoms with Crippen molar-refractivity contribution in [3.05, 3.63) is 42.5 Å². The Labute approximate surface area is 160 Å². The van der Waals surface area contributed by atoms with Crippen molar-refractivity contribution in [3.63, 3.8) is 0 Å². The van der Waals surface area contributed by atoms with E-state index in [0.717, 1.165) is 22.2 Å². The van der Waals surface area contributed by atoms with E-state index >= 15 is 0 Å². The Kier molecular flexibility index (Phi) is 5.38. The van der Waals surface area contributed by atoms with E-state index in [9.17, 15) is 23.1 Å². The maximum absolute atomic E-state index is 12.9.